The van der Waals surface area contributed by atoms with Gasteiger partial charge in [-0.25, -0.2) is 0 Å². The van der Waals surface area contributed by atoms with Gasteiger partial charge in [0.25, 0.3) is 5.91 Å². The third kappa shape index (κ3) is 2.58. The minimum absolute atomic E-state index is 0.0752. The first kappa shape index (κ1) is 11.2. The van der Waals surface area contributed by atoms with Gasteiger partial charge in [0.05, 0.1) is 4.88 Å². The summed E-state index contributed by atoms with van der Waals surface area (Å²) in [7, 11) is 0. The molecule has 0 aliphatic heterocycles. The zero-order valence-electron chi connectivity index (χ0n) is 8.96. The lowest BCUT2D eigenvalue weighted by atomic mass is 10.2. The van der Waals surface area contributed by atoms with Crippen molar-refractivity contribution in [3.05, 3.63) is 21.9 Å². The lowest BCUT2D eigenvalue weighted by Gasteiger charge is -2.10. The molecule has 1 amide bonds. The molecule has 1 aromatic rings. The van der Waals surface area contributed by atoms with E-state index < -0.39 is 0 Å². The Balaban J connectivity index is 2.69. The molecule has 3 heteroatoms. The van der Waals surface area contributed by atoms with Crippen molar-refractivity contribution in [1.82, 2.24) is 5.32 Å². The molecule has 1 rings (SSSR count). The monoisotopic (exact) mass is 211 g/mol. The number of hydrogen-bond donors (Lipinski definition) is 1. The molecule has 0 aromatic carbocycles. The van der Waals surface area contributed by atoms with E-state index in [0.29, 0.717) is 0 Å². The first-order valence-corrected chi connectivity index (χ1v) is 5.94. The zero-order valence-corrected chi connectivity index (χ0v) is 9.78. The molecule has 1 heterocycles. The van der Waals surface area contributed by atoms with Crippen LogP contribution in [-0.4, -0.2) is 11.9 Å². The molecule has 1 unspecified atom stereocenters. The quantitative estimate of drug-likeness (QED) is 0.815. The number of hydrogen-bond acceptors (Lipinski definition) is 2. The predicted octanol–water partition coefficient (Wildman–Crippen LogP) is 2.84. The van der Waals surface area contributed by atoms with Gasteiger partial charge in [0.1, 0.15) is 0 Å². The fourth-order valence-corrected chi connectivity index (χ4v) is 2.10. The molecule has 2 nitrogen and oxygen atoms in total. The van der Waals surface area contributed by atoms with E-state index in [1.165, 1.54) is 11.3 Å². The minimum atomic E-state index is 0.0752. The number of rotatable bonds is 4. The van der Waals surface area contributed by atoms with Crippen LogP contribution >= 0.6 is 11.3 Å². The molecular weight excluding hydrogens is 194 g/mol. The van der Waals surface area contributed by atoms with Gasteiger partial charge in [-0.3, -0.25) is 4.79 Å². The van der Waals surface area contributed by atoms with Gasteiger partial charge in [-0.2, -0.15) is 0 Å². The highest BCUT2D eigenvalue weighted by molar-refractivity contribution is 7.12. The Morgan fingerprint density at radius 2 is 2.29 bits per heavy atom. The average molecular weight is 211 g/mol. The first-order chi connectivity index (χ1) is 6.69. The maximum atomic E-state index is 11.8. The van der Waals surface area contributed by atoms with Crippen molar-refractivity contribution in [2.24, 2.45) is 0 Å². The van der Waals surface area contributed by atoms with Crippen LogP contribution in [-0.2, 0) is 6.42 Å². The Morgan fingerprint density at radius 3 is 2.86 bits per heavy atom. The third-order valence-electron chi connectivity index (χ3n) is 2.32. The number of thiophene rings is 1. The van der Waals surface area contributed by atoms with Gasteiger partial charge in [-0.1, -0.05) is 13.8 Å². The minimum Gasteiger partial charge on any atom is -0.349 e. The molecule has 0 aliphatic carbocycles. The molecule has 1 N–H and O–H groups in total. The van der Waals surface area contributed by atoms with Crippen molar-refractivity contribution < 1.29 is 4.79 Å². The molecule has 1 aromatic heterocycles. The van der Waals surface area contributed by atoms with Gasteiger partial charge >= 0.3 is 0 Å². The summed E-state index contributed by atoms with van der Waals surface area (Å²) in [6.07, 6.45) is 1.89. The lowest BCUT2D eigenvalue weighted by Crippen LogP contribution is -2.31. The molecule has 78 valence electrons. The van der Waals surface area contributed by atoms with Crippen LogP contribution in [0.1, 0.15) is 42.4 Å². The SMILES string of the molecule is CCc1ccsc1C(=O)NC(C)CC. The van der Waals surface area contributed by atoms with Crippen LogP contribution in [0, 0.1) is 0 Å². The van der Waals surface area contributed by atoms with Crippen LogP contribution in [0.25, 0.3) is 0 Å². The van der Waals surface area contributed by atoms with Crippen molar-refractivity contribution in [3.63, 3.8) is 0 Å². The van der Waals surface area contributed by atoms with Gasteiger partial charge in [0, 0.05) is 6.04 Å². The summed E-state index contributed by atoms with van der Waals surface area (Å²) < 4.78 is 0. The lowest BCUT2D eigenvalue weighted by molar-refractivity contribution is 0.0942. The van der Waals surface area contributed by atoms with Gasteiger partial charge in [0.15, 0.2) is 0 Å². The van der Waals surface area contributed by atoms with Gasteiger partial charge < -0.3 is 5.32 Å². The Morgan fingerprint density at radius 1 is 1.57 bits per heavy atom. The number of carbonyl (C=O) groups is 1. The number of aryl methyl sites for hydroxylation is 1. The molecule has 0 saturated carbocycles. The van der Waals surface area contributed by atoms with Crippen molar-refractivity contribution in [3.8, 4) is 0 Å². The van der Waals surface area contributed by atoms with Crippen molar-refractivity contribution in [2.45, 2.75) is 39.7 Å². The summed E-state index contributed by atoms with van der Waals surface area (Å²) in [5.41, 5.74) is 1.15. The summed E-state index contributed by atoms with van der Waals surface area (Å²) in [4.78, 5) is 12.6. The van der Waals surface area contributed by atoms with E-state index in [9.17, 15) is 4.79 Å². The molecule has 14 heavy (non-hydrogen) atoms. The second-order valence-corrected chi connectivity index (χ2v) is 4.33. The van der Waals surface area contributed by atoms with Crippen molar-refractivity contribution >= 4 is 17.2 Å². The van der Waals surface area contributed by atoms with Crippen LogP contribution in [0.2, 0.25) is 0 Å². The highest BCUT2D eigenvalue weighted by Gasteiger charge is 2.13. The summed E-state index contributed by atoms with van der Waals surface area (Å²) in [6.45, 7) is 6.17. The fourth-order valence-electron chi connectivity index (χ4n) is 1.20. The molecule has 0 radical (unpaired) electrons. The van der Waals surface area contributed by atoms with Crippen LogP contribution in [0.15, 0.2) is 11.4 Å². The Hall–Kier alpha value is -0.830. The van der Waals surface area contributed by atoms with E-state index in [2.05, 4.69) is 19.2 Å². The van der Waals surface area contributed by atoms with Gasteiger partial charge in [0.2, 0.25) is 0 Å². The van der Waals surface area contributed by atoms with E-state index in [4.69, 9.17) is 0 Å². The Bertz CT molecular complexity index is 306. The predicted molar refractivity (Wildman–Crippen MR) is 60.9 cm³/mol. The number of carbonyl (C=O) groups excluding carboxylic acids is 1. The van der Waals surface area contributed by atoms with E-state index in [1.54, 1.807) is 0 Å². The largest absolute Gasteiger partial charge is 0.349 e. The summed E-state index contributed by atoms with van der Waals surface area (Å²) in [5.74, 6) is 0.0752. The van der Waals surface area contributed by atoms with Crippen LogP contribution in [0.3, 0.4) is 0 Å². The van der Waals surface area contributed by atoms with Gasteiger partial charge in [-0.05, 0) is 36.8 Å². The first-order valence-electron chi connectivity index (χ1n) is 5.06. The normalized spacial score (nSPS) is 12.5. The molecule has 0 fully saturated rings. The molecule has 0 spiro atoms. The summed E-state index contributed by atoms with van der Waals surface area (Å²) >= 11 is 1.52. The van der Waals surface area contributed by atoms with Crippen LogP contribution in [0.5, 0.6) is 0 Å². The van der Waals surface area contributed by atoms with Crippen LogP contribution in [0.4, 0.5) is 0 Å². The summed E-state index contributed by atoms with van der Waals surface area (Å²) in [5, 5.41) is 4.95. The smallest absolute Gasteiger partial charge is 0.261 e. The van der Waals surface area contributed by atoms with E-state index in [-0.39, 0.29) is 11.9 Å². The topological polar surface area (TPSA) is 29.1 Å². The molecule has 0 aliphatic rings. The van der Waals surface area contributed by atoms with Gasteiger partial charge in [-0.15, -0.1) is 11.3 Å². The fraction of sp³-hybridized carbons (Fsp3) is 0.545. The Labute approximate surface area is 89.3 Å². The van der Waals surface area contributed by atoms with Crippen molar-refractivity contribution in [2.75, 3.05) is 0 Å². The third-order valence-corrected chi connectivity index (χ3v) is 3.28. The molecule has 0 saturated heterocycles. The average Bonchev–Trinajstić information content (AvgIpc) is 2.65. The Kier molecular flexibility index (Phi) is 4.14. The zero-order chi connectivity index (χ0) is 10.6. The van der Waals surface area contributed by atoms with E-state index in [0.717, 1.165) is 23.3 Å². The molecular formula is C11H17NOS. The maximum Gasteiger partial charge on any atom is 0.261 e. The number of amides is 1. The molecule has 1 atom stereocenters. The van der Waals surface area contributed by atoms with Crippen LogP contribution < -0.4 is 5.32 Å². The number of nitrogens with one attached hydrogen (secondary N) is 1. The summed E-state index contributed by atoms with van der Waals surface area (Å²) in [6, 6.07) is 2.28. The maximum absolute atomic E-state index is 11.8. The second kappa shape index (κ2) is 5.15. The highest BCUT2D eigenvalue weighted by Crippen LogP contribution is 2.17. The van der Waals surface area contributed by atoms with Crippen molar-refractivity contribution in [1.29, 1.82) is 0 Å². The van der Waals surface area contributed by atoms with E-state index >= 15 is 0 Å². The second-order valence-electron chi connectivity index (χ2n) is 3.41. The standard InChI is InChI=1S/C11H17NOS/c1-4-8(3)12-11(13)10-9(5-2)6-7-14-10/h6-8H,4-5H2,1-3H3,(H,12,13). The highest BCUT2D eigenvalue weighted by atomic mass is 32.1. The molecule has 0 bridgehead atoms. The van der Waals surface area contributed by atoms with E-state index in [1.807, 2.05) is 18.4 Å².